The summed E-state index contributed by atoms with van der Waals surface area (Å²) in [5, 5.41) is 0.556. The van der Waals surface area contributed by atoms with Gasteiger partial charge in [-0.25, -0.2) is 0 Å². The maximum absolute atomic E-state index is 12.4. The molecule has 0 atom stereocenters. The summed E-state index contributed by atoms with van der Waals surface area (Å²) in [6, 6.07) is 6.96. The molecule has 0 aromatic heterocycles. The number of esters is 1. The molecule has 1 amide bonds. The first kappa shape index (κ1) is 16.8. The van der Waals surface area contributed by atoms with Gasteiger partial charge in [0.2, 0.25) is 0 Å². The Morgan fingerprint density at radius 2 is 1.91 bits per heavy atom. The van der Waals surface area contributed by atoms with E-state index in [0.717, 1.165) is 0 Å². The Morgan fingerprint density at radius 3 is 2.50 bits per heavy atom. The van der Waals surface area contributed by atoms with E-state index in [9.17, 15) is 9.59 Å². The smallest absolute Gasteiger partial charge is 0.320 e. The highest BCUT2D eigenvalue weighted by molar-refractivity contribution is 6.30. The minimum absolute atomic E-state index is 0.0214. The van der Waals surface area contributed by atoms with E-state index < -0.39 is 0 Å². The van der Waals surface area contributed by atoms with Crippen molar-refractivity contribution < 1.29 is 14.3 Å². The number of hydrogen-bond acceptors (Lipinski definition) is 4. The topological polar surface area (TPSA) is 49.9 Å². The normalized spacial score (nSPS) is 15.9. The molecule has 1 aliphatic heterocycles. The van der Waals surface area contributed by atoms with Gasteiger partial charge in [-0.2, -0.15) is 0 Å². The molecule has 2 rings (SSSR count). The van der Waals surface area contributed by atoms with Crippen LogP contribution in [0.1, 0.15) is 24.2 Å². The number of benzene rings is 1. The van der Waals surface area contributed by atoms with E-state index in [4.69, 9.17) is 16.3 Å². The van der Waals surface area contributed by atoms with Gasteiger partial charge in [0.25, 0.3) is 5.91 Å². The van der Waals surface area contributed by atoms with Crippen molar-refractivity contribution in [1.29, 1.82) is 0 Å². The molecule has 0 saturated carbocycles. The van der Waals surface area contributed by atoms with Gasteiger partial charge >= 0.3 is 5.97 Å². The molecule has 0 radical (unpaired) electrons. The molecule has 6 heteroatoms. The lowest BCUT2D eigenvalue weighted by atomic mass is 10.2. The zero-order chi connectivity index (χ0) is 16.1. The van der Waals surface area contributed by atoms with E-state index in [-0.39, 0.29) is 24.5 Å². The second-order valence-electron chi connectivity index (χ2n) is 5.62. The van der Waals surface area contributed by atoms with Gasteiger partial charge in [0.1, 0.15) is 0 Å². The minimum Gasteiger partial charge on any atom is -0.462 e. The van der Waals surface area contributed by atoms with E-state index in [1.54, 1.807) is 29.2 Å². The fourth-order valence-corrected chi connectivity index (χ4v) is 2.59. The molecule has 5 nitrogen and oxygen atoms in total. The van der Waals surface area contributed by atoms with Crippen molar-refractivity contribution >= 4 is 23.5 Å². The first-order valence-electron chi connectivity index (χ1n) is 7.42. The highest BCUT2D eigenvalue weighted by Gasteiger charge is 2.23. The average Bonchev–Trinajstić information content (AvgIpc) is 2.46. The third-order valence-electron chi connectivity index (χ3n) is 3.45. The molecule has 0 bridgehead atoms. The number of carbonyl (C=O) groups excluding carboxylic acids is 2. The molecule has 0 spiro atoms. The fourth-order valence-electron chi connectivity index (χ4n) is 2.40. The molecule has 0 N–H and O–H groups in total. The molecular weight excluding hydrogens is 304 g/mol. The maximum atomic E-state index is 12.4. The number of piperazine rings is 1. The minimum atomic E-state index is -0.218. The molecular formula is C16H21ClN2O3. The van der Waals surface area contributed by atoms with E-state index in [1.807, 2.05) is 18.7 Å². The third kappa shape index (κ3) is 4.71. The number of amides is 1. The van der Waals surface area contributed by atoms with Crippen LogP contribution < -0.4 is 0 Å². The predicted molar refractivity (Wildman–Crippen MR) is 85.0 cm³/mol. The first-order chi connectivity index (χ1) is 10.5. The van der Waals surface area contributed by atoms with Crippen LogP contribution in [0.25, 0.3) is 0 Å². The molecule has 1 saturated heterocycles. The summed E-state index contributed by atoms with van der Waals surface area (Å²) < 4.78 is 5.13. The van der Waals surface area contributed by atoms with Gasteiger partial charge in [-0.15, -0.1) is 0 Å². The van der Waals surface area contributed by atoms with E-state index >= 15 is 0 Å². The van der Waals surface area contributed by atoms with Crippen molar-refractivity contribution in [2.75, 3.05) is 32.7 Å². The van der Waals surface area contributed by atoms with Crippen LogP contribution in [0.5, 0.6) is 0 Å². The fraction of sp³-hybridized carbons (Fsp3) is 0.500. The quantitative estimate of drug-likeness (QED) is 0.795. The van der Waals surface area contributed by atoms with E-state index in [2.05, 4.69) is 0 Å². The first-order valence-corrected chi connectivity index (χ1v) is 7.80. The lowest BCUT2D eigenvalue weighted by Crippen LogP contribution is -2.50. The van der Waals surface area contributed by atoms with Crippen molar-refractivity contribution in [1.82, 2.24) is 9.80 Å². The Hall–Kier alpha value is -1.59. The van der Waals surface area contributed by atoms with Crippen LogP contribution >= 0.6 is 11.6 Å². The van der Waals surface area contributed by atoms with Crippen molar-refractivity contribution in [3.63, 3.8) is 0 Å². The van der Waals surface area contributed by atoms with Crippen LogP contribution in [0.3, 0.4) is 0 Å². The summed E-state index contributed by atoms with van der Waals surface area (Å²) in [6.45, 7) is 6.47. The molecule has 22 heavy (non-hydrogen) atoms. The lowest BCUT2D eigenvalue weighted by molar-refractivity contribution is -0.149. The van der Waals surface area contributed by atoms with Crippen molar-refractivity contribution in [3.8, 4) is 0 Å². The summed E-state index contributed by atoms with van der Waals surface area (Å²) in [5.74, 6) is -0.239. The molecule has 1 aromatic rings. The number of carbonyl (C=O) groups is 2. The third-order valence-corrected chi connectivity index (χ3v) is 3.69. The number of ether oxygens (including phenoxy) is 1. The number of hydrogen-bond donors (Lipinski definition) is 0. The molecule has 120 valence electrons. The van der Waals surface area contributed by atoms with Crippen molar-refractivity contribution in [2.24, 2.45) is 0 Å². The van der Waals surface area contributed by atoms with Gasteiger partial charge in [-0.3, -0.25) is 14.5 Å². The van der Waals surface area contributed by atoms with Crippen LogP contribution in [0, 0.1) is 0 Å². The zero-order valence-electron chi connectivity index (χ0n) is 12.9. The van der Waals surface area contributed by atoms with Crippen LogP contribution in [-0.4, -0.2) is 60.5 Å². The standard InChI is InChI=1S/C16H21ClN2O3/c1-12(2)22-15(20)11-18-6-8-19(9-7-18)16(21)13-4-3-5-14(17)10-13/h3-5,10,12H,6-9,11H2,1-2H3. The molecule has 1 fully saturated rings. The largest absolute Gasteiger partial charge is 0.462 e. The van der Waals surface area contributed by atoms with Crippen LogP contribution in [0.4, 0.5) is 0 Å². The van der Waals surface area contributed by atoms with Gasteiger partial charge in [-0.05, 0) is 32.0 Å². The summed E-state index contributed by atoms with van der Waals surface area (Å²) in [6.07, 6.45) is -0.0989. The predicted octanol–water partition coefficient (Wildman–Crippen LogP) is 2.05. The number of rotatable bonds is 4. The van der Waals surface area contributed by atoms with Gasteiger partial charge in [0.15, 0.2) is 0 Å². The highest BCUT2D eigenvalue weighted by Crippen LogP contribution is 2.14. The molecule has 1 heterocycles. The van der Waals surface area contributed by atoms with Crippen LogP contribution in [0.2, 0.25) is 5.02 Å². The molecule has 0 aliphatic carbocycles. The Morgan fingerprint density at radius 1 is 1.23 bits per heavy atom. The molecule has 1 aliphatic rings. The van der Waals surface area contributed by atoms with Crippen LogP contribution in [0.15, 0.2) is 24.3 Å². The van der Waals surface area contributed by atoms with Gasteiger partial charge < -0.3 is 9.64 Å². The summed E-state index contributed by atoms with van der Waals surface area (Å²) >= 11 is 5.92. The van der Waals surface area contributed by atoms with Gasteiger partial charge in [-0.1, -0.05) is 17.7 Å². The monoisotopic (exact) mass is 324 g/mol. The SMILES string of the molecule is CC(C)OC(=O)CN1CCN(C(=O)c2cccc(Cl)c2)CC1. The Labute approximate surface area is 135 Å². The van der Waals surface area contributed by atoms with Crippen LogP contribution in [-0.2, 0) is 9.53 Å². The Bertz CT molecular complexity index is 540. The number of nitrogens with zero attached hydrogens (tertiary/aromatic N) is 2. The second kappa shape index (κ2) is 7.61. The summed E-state index contributed by atoms with van der Waals surface area (Å²) in [4.78, 5) is 27.8. The lowest BCUT2D eigenvalue weighted by Gasteiger charge is -2.34. The van der Waals surface area contributed by atoms with E-state index in [1.165, 1.54) is 0 Å². The maximum Gasteiger partial charge on any atom is 0.320 e. The second-order valence-corrected chi connectivity index (χ2v) is 6.05. The number of halogens is 1. The Kier molecular flexibility index (Phi) is 5.80. The van der Waals surface area contributed by atoms with Gasteiger partial charge in [0.05, 0.1) is 12.6 Å². The molecule has 1 aromatic carbocycles. The van der Waals surface area contributed by atoms with Crippen molar-refractivity contribution in [2.45, 2.75) is 20.0 Å². The Balaban J connectivity index is 1.84. The zero-order valence-corrected chi connectivity index (χ0v) is 13.7. The van der Waals surface area contributed by atoms with Crippen molar-refractivity contribution in [3.05, 3.63) is 34.9 Å². The van der Waals surface area contributed by atoms with E-state index in [0.29, 0.717) is 36.8 Å². The van der Waals surface area contributed by atoms with Gasteiger partial charge in [0, 0.05) is 36.8 Å². The summed E-state index contributed by atoms with van der Waals surface area (Å²) in [7, 11) is 0. The highest BCUT2D eigenvalue weighted by atomic mass is 35.5. The average molecular weight is 325 g/mol. The molecule has 0 unspecified atom stereocenters. The summed E-state index contributed by atoms with van der Waals surface area (Å²) in [5.41, 5.74) is 0.597.